The van der Waals surface area contributed by atoms with E-state index in [1.807, 2.05) is 0 Å². The summed E-state index contributed by atoms with van der Waals surface area (Å²) in [5, 5.41) is 0. The van der Waals surface area contributed by atoms with Crippen molar-refractivity contribution in [3.8, 4) is 0 Å². The van der Waals surface area contributed by atoms with Crippen LogP contribution < -0.4 is 0 Å². The van der Waals surface area contributed by atoms with Crippen molar-refractivity contribution in [1.29, 1.82) is 0 Å². The van der Waals surface area contributed by atoms with Crippen LogP contribution >= 0.6 is 9.90 Å². The van der Waals surface area contributed by atoms with Crippen LogP contribution in [0, 0.1) is 0 Å². The van der Waals surface area contributed by atoms with Gasteiger partial charge in [0.25, 0.3) is 0 Å². The molecule has 0 saturated carbocycles. The summed E-state index contributed by atoms with van der Waals surface area (Å²) >= 11 is -1.01. The second kappa shape index (κ2) is 14.5. The number of unbranched alkanes of at least 4 members (excludes halogenated alkanes) is 4. The summed E-state index contributed by atoms with van der Waals surface area (Å²) in [6.45, 7) is 9.45. The van der Waals surface area contributed by atoms with Crippen LogP contribution in [0.2, 0.25) is 19.6 Å². The van der Waals surface area contributed by atoms with Crippen LogP contribution in [0.1, 0.15) is 79.1 Å². The van der Waals surface area contributed by atoms with Crippen molar-refractivity contribution in [2.75, 3.05) is 0 Å². The smallest absolute Gasteiger partial charge is 0.153 e. The van der Waals surface area contributed by atoms with E-state index in [9.17, 15) is 0 Å². The van der Waals surface area contributed by atoms with Crippen molar-refractivity contribution in [2.24, 2.45) is 0 Å². The minimum atomic E-state index is -1.01. The number of hydrogen-bond donors (Lipinski definition) is 0. The number of hydrogen-bond acceptors (Lipinski definition) is 0. The Kier molecular flexibility index (Phi) is 17.2. The van der Waals surface area contributed by atoms with Gasteiger partial charge in [0.2, 0.25) is 0 Å². The van der Waals surface area contributed by atoms with Crippen molar-refractivity contribution in [2.45, 2.75) is 98.6 Å². The first-order valence-corrected chi connectivity index (χ1v) is 12.1. The van der Waals surface area contributed by atoms with Crippen LogP contribution in [0.4, 0.5) is 0 Å². The van der Waals surface area contributed by atoms with Crippen LogP contribution in [0.15, 0.2) is 0 Å². The summed E-state index contributed by atoms with van der Waals surface area (Å²) in [4.78, 5) is 6.56. The van der Waals surface area contributed by atoms with E-state index in [2.05, 4.69) is 27.7 Å². The normalized spacial score (nSPS) is 12.2. The topological polar surface area (TPSA) is 0 Å². The maximum Gasteiger partial charge on any atom is -0.153 e. The van der Waals surface area contributed by atoms with E-state index in [0.717, 1.165) is 0 Å². The van der Waals surface area contributed by atoms with Gasteiger partial charge >= 0.3 is 114 Å². The van der Waals surface area contributed by atoms with E-state index in [-0.39, 0.29) is 9.90 Å². The Morgan fingerprint density at radius 3 is 0.889 bits per heavy atom. The predicted molar refractivity (Wildman–Crippen MR) is 90.0 cm³/mol. The van der Waals surface area contributed by atoms with Crippen LogP contribution in [0.3, 0.4) is 0 Å². The molecule has 0 aliphatic carbocycles. The summed E-state index contributed by atoms with van der Waals surface area (Å²) in [7, 11) is 0. The van der Waals surface area contributed by atoms with E-state index in [4.69, 9.17) is 0 Å². The summed E-state index contributed by atoms with van der Waals surface area (Å²) in [5.41, 5.74) is 0. The molecule has 0 fully saturated rings. The Labute approximate surface area is 124 Å². The summed E-state index contributed by atoms with van der Waals surface area (Å²) in [5.74, 6) is 0. The molecule has 18 heavy (non-hydrogen) atoms. The zero-order valence-corrected chi connectivity index (χ0v) is 16.5. The van der Waals surface area contributed by atoms with Crippen molar-refractivity contribution >= 4 is 9.90 Å². The molecule has 0 aliphatic heterocycles. The molecule has 0 aromatic carbocycles. The van der Waals surface area contributed by atoms with Gasteiger partial charge in [0.1, 0.15) is 0 Å². The van der Waals surface area contributed by atoms with E-state index in [1.54, 1.807) is 19.6 Å². The van der Waals surface area contributed by atoms with Gasteiger partial charge in [-0.2, -0.15) is 9.90 Å². The van der Waals surface area contributed by atoms with Gasteiger partial charge in [-0.25, -0.2) is 0 Å². The van der Waals surface area contributed by atoms with Crippen LogP contribution in [-0.2, 0) is 15.5 Å². The molecule has 0 bridgehead atoms. The molecular weight excluding hydrogens is 330 g/mol. The molecule has 0 rings (SSSR count). The van der Waals surface area contributed by atoms with Crippen LogP contribution in [-0.4, -0.2) is 0 Å². The molecule has 0 radical (unpaired) electrons. The first-order chi connectivity index (χ1) is 8.24. The average molecular weight is 369 g/mol. The van der Waals surface area contributed by atoms with Gasteiger partial charge < -0.3 is 0 Å². The fourth-order valence-corrected chi connectivity index (χ4v) is 11.1. The largest absolute Gasteiger partial charge is 0.153 e. The minimum absolute atomic E-state index is 0. The monoisotopic (exact) mass is 368 g/mol. The van der Waals surface area contributed by atoms with Gasteiger partial charge in [0.15, 0.2) is 0 Å². The zero-order chi connectivity index (χ0) is 13.0. The molecule has 2 heteroatoms. The van der Waals surface area contributed by atoms with Crippen molar-refractivity contribution in [1.82, 2.24) is 0 Å². The molecule has 1 atom stereocenters. The standard InChI is InChI=1S/4C4H9.H3P.Pd/c4*1-3-4-2;;/h4*1,3-4H2,2H3;1H3;. The predicted octanol–water partition coefficient (Wildman–Crippen LogP) is 7.07. The molecule has 0 aliphatic rings. The average Bonchev–Trinajstić information content (AvgIpc) is 2.37. The first kappa shape index (κ1) is 21.4. The number of rotatable bonds is 12. The van der Waals surface area contributed by atoms with E-state index in [1.165, 1.54) is 51.4 Å². The molecule has 0 heterocycles. The summed E-state index contributed by atoms with van der Waals surface area (Å²) in [6.07, 6.45) is 11.7. The maximum atomic E-state index is 2.36. The van der Waals surface area contributed by atoms with Crippen LogP contribution in [0.25, 0.3) is 0 Å². The molecule has 0 aromatic rings. The van der Waals surface area contributed by atoms with Gasteiger partial charge in [0, 0.05) is 0 Å². The Hall–Kier alpha value is 1.09. The molecule has 0 spiro atoms. The molecule has 0 aromatic heterocycles. The molecule has 1 unspecified atom stereocenters. The Morgan fingerprint density at radius 2 is 0.722 bits per heavy atom. The second-order valence-electron chi connectivity index (χ2n) is 5.00. The maximum absolute atomic E-state index is 2.36. The third kappa shape index (κ3) is 9.95. The van der Waals surface area contributed by atoms with Gasteiger partial charge in [-0.05, 0) is 0 Å². The summed E-state index contributed by atoms with van der Waals surface area (Å²) in [6, 6.07) is 0. The molecule has 0 N–H and O–H groups in total. The van der Waals surface area contributed by atoms with E-state index in [0.29, 0.717) is 0 Å². The Balaban J connectivity index is 0. The molecule has 0 amide bonds. The van der Waals surface area contributed by atoms with E-state index >= 15 is 0 Å². The molecule has 0 nitrogen and oxygen atoms in total. The first-order valence-electron chi connectivity index (χ1n) is 7.72. The Morgan fingerprint density at radius 1 is 0.500 bits per heavy atom. The van der Waals surface area contributed by atoms with Crippen molar-refractivity contribution in [3.05, 3.63) is 0 Å². The Bertz CT molecular complexity index is 122. The summed E-state index contributed by atoms with van der Waals surface area (Å²) < 4.78 is 0. The van der Waals surface area contributed by atoms with Crippen LogP contribution in [0.5, 0.6) is 0 Å². The third-order valence-corrected chi connectivity index (χ3v) is 12.0. The zero-order valence-electron chi connectivity index (χ0n) is 13.5. The molecule has 0 saturated heterocycles. The minimum Gasteiger partial charge on any atom is -0.153 e. The SMILES string of the molecule is CCC[CH2][Pd]([CH2]CCC)([CH2]CCC)[CH2]CCC.P. The molecule has 118 valence electrons. The van der Waals surface area contributed by atoms with Gasteiger partial charge in [0.05, 0.1) is 0 Å². The molecular formula is C16H39PPd. The van der Waals surface area contributed by atoms with Gasteiger partial charge in [-0.3, -0.25) is 0 Å². The van der Waals surface area contributed by atoms with Gasteiger partial charge in [-0.1, -0.05) is 0 Å². The van der Waals surface area contributed by atoms with E-state index < -0.39 is 15.5 Å². The quantitative estimate of drug-likeness (QED) is 0.255. The third-order valence-electron chi connectivity index (χ3n) is 3.20. The van der Waals surface area contributed by atoms with Crippen molar-refractivity contribution in [3.63, 3.8) is 0 Å². The van der Waals surface area contributed by atoms with Crippen molar-refractivity contribution < 1.29 is 15.5 Å². The fraction of sp³-hybridized carbons (Fsp3) is 1.00. The second-order valence-corrected chi connectivity index (χ2v) is 12.8. The fourth-order valence-electron chi connectivity index (χ4n) is 1.87. The van der Waals surface area contributed by atoms with Gasteiger partial charge in [-0.15, -0.1) is 0 Å².